The van der Waals surface area contributed by atoms with Gasteiger partial charge >= 0.3 is 5.69 Å². The van der Waals surface area contributed by atoms with Crippen molar-refractivity contribution < 1.29 is 4.74 Å². The first kappa shape index (κ1) is 19.6. The zero-order valence-electron chi connectivity index (χ0n) is 17.7. The molecule has 0 aliphatic heterocycles. The van der Waals surface area contributed by atoms with Crippen molar-refractivity contribution in [1.82, 2.24) is 24.1 Å². The van der Waals surface area contributed by atoms with Crippen molar-refractivity contribution in [3.63, 3.8) is 0 Å². The normalized spacial score (nSPS) is 11.1. The molecular formula is C24H22N6O2. The summed E-state index contributed by atoms with van der Waals surface area (Å²) in [6.45, 7) is 2.43. The maximum atomic E-state index is 12.5. The van der Waals surface area contributed by atoms with Gasteiger partial charge in [-0.05, 0) is 24.6 Å². The van der Waals surface area contributed by atoms with Gasteiger partial charge in [0.05, 0.1) is 48.6 Å². The number of H-pyrrole nitrogens is 1. The Morgan fingerprint density at radius 2 is 1.94 bits per heavy atom. The quantitative estimate of drug-likeness (QED) is 0.428. The van der Waals surface area contributed by atoms with Gasteiger partial charge in [-0.15, -0.1) is 0 Å². The molecule has 0 unspecified atom stereocenters. The minimum absolute atomic E-state index is 0.163. The molecular weight excluding hydrogens is 404 g/mol. The number of aromatic nitrogens is 5. The number of hydrogen-bond donors (Lipinski definition) is 2. The molecule has 32 heavy (non-hydrogen) atoms. The minimum atomic E-state index is -0.163. The highest BCUT2D eigenvalue weighted by molar-refractivity contribution is 5.78. The number of hydrogen-bond acceptors (Lipinski definition) is 5. The lowest BCUT2D eigenvalue weighted by molar-refractivity contribution is 0.413. The lowest BCUT2D eigenvalue weighted by atomic mass is 10.2. The highest BCUT2D eigenvalue weighted by Gasteiger charge is 2.11. The fraction of sp³-hybridized carbons (Fsp3) is 0.125. The number of rotatable bonds is 6. The van der Waals surface area contributed by atoms with E-state index in [1.54, 1.807) is 24.2 Å². The number of pyridine rings is 1. The van der Waals surface area contributed by atoms with Crippen LogP contribution in [-0.4, -0.2) is 31.2 Å². The molecule has 0 amide bonds. The van der Waals surface area contributed by atoms with Crippen LogP contribution < -0.4 is 15.7 Å². The van der Waals surface area contributed by atoms with Gasteiger partial charge in [-0.3, -0.25) is 4.57 Å². The Hall–Kier alpha value is -4.33. The number of imidazole rings is 2. The monoisotopic (exact) mass is 426 g/mol. The Kier molecular flexibility index (Phi) is 4.95. The van der Waals surface area contributed by atoms with Gasteiger partial charge in [0.1, 0.15) is 11.6 Å². The van der Waals surface area contributed by atoms with E-state index in [0.717, 1.165) is 28.1 Å². The molecule has 3 heterocycles. The summed E-state index contributed by atoms with van der Waals surface area (Å²) in [6.07, 6.45) is 5.37. The second-order valence-electron chi connectivity index (χ2n) is 7.52. The lowest BCUT2D eigenvalue weighted by Gasteiger charge is -2.12. The smallest absolute Gasteiger partial charge is 0.326 e. The molecule has 5 rings (SSSR count). The molecule has 0 saturated heterocycles. The Labute approximate surface area is 184 Å². The van der Waals surface area contributed by atoms with Crippen molar-refractivity contribution in [1.29, 1.82) is 0 Å². The molecule has 8 heteroatoms. The zero-order chi connectivity index (χ0) is 22.1. The number of aromatic amines is 1. The van der Waals surface area contributed by atoms with Crippen molar-refractivity contribution in [2.75, 3.05) is 12.4 Å². The summed E-state index contributed by atoms with van der Waals surface area (Å²) in [6, 6.07) is 17.6. The summed E-state index contributed by atoms with van der Waals surface area (Å²) in [5.74, 6) is 1.34. The average Bonchev–Trinajstić information content (AvgIpc) is 3.37. The van der Waals surface area contributed by atoms with E-state index in [0.29, 0.717) is 23.6 Å². The molecule has 0 aliphatic rings. The molecule has 0 aliphatic carbocycles. The molecule has 2 aromatic carbocycles. The van der Waals surface area contributed by atoms with Crippen LogP contribution >= 0.6 is 0 Å². The highest BCUT2D eigenvalue weighted by atomic mass is 16.5. The summed E-state index contributed by atoms with van der Waals surface area (Å²) in [4.78, 5) is 24.1. The van der Waals surface area contributed by atoms with Crippen molar-refractivity contribution in [2.45, 2.75) is 13.5 Å². The van der Waals surface area contributed by atoms with Gasteiger partial charge < -0.3 is 19.6 Å². The first-order valence-electron chi connectivity index (χ1n) is 10.2. The van der Waals surface area contributed by atoms with Gasteiger partial charge in [0.2, 0.25) is 0 Å². The third-order valence-electron chi connectivity index (χ3n) is 5.29. The third-order valence-corrected chi connectivity index (χ3v) is 5.29. The number of aryl methyl sites for hydroxylation is 1. The van der Waals surface area contributed by atoms with Gasteiger partial charge in [0.15, 0.2) is 0 Å². The van der Waals surface area contributed by atoms with E-state index < -0.39 is 0 Å². The number of ether oxygens (including phenoxy) is 1. The van der Waals surface area contributed by atoms with Crippen LogP contribution in [0.4, 0.5) is 11.5 Å². The van der Waals surface area contributed by atoms with Gasteiger partial charge in [0, 0.05) is 24.0 Å². The molecule has 0 fully saturated rings. The van der Waals surface area contributed by atoms with Gasteiger partial charge in [0.25, 0.3) is 0 Å². The van der Waals surface area contributed by atoms with Crippen LogP contribution in [0.1, 0.15) is 11.3 Å². The largest absolute Gasteiger partial charge is 0.494 e. The number of benzene rings is 2. The number of fused-ring (bicyclic) bond motifs is 1. The van der Waals surface area contributed by atoms with Crippen LogP contribution in [0.25, 0.3) is 16.7 Å². The topological polar surface area (TPSA) is 89.8 Å². The number of anilines is 2. The Morgan fingerprint density at radius 3 is 2.69 bits per heavy atom. The van der Waals surface area contributed by atoms with Crippen LogP contribution in [0.5, 0.6) is 5.75 Å². The van der Waals surface area contributed by atoms with Crippen LogP contribution in [0, 0.1) is 6.92 Å². The maximum Gasteiger partial charge on any atom is 0.326 e. The fourth-order valence-corrected chi connectivity index (χ4v) is 3.72. The lowest BCUT2D eigenvalue weighted by Crippen LogP contribution is -2.17. The summed E-state index contributed by atoms with van der Waals surface area (Å²) < 4.78 is 9.22. The molecule has 0 bridgehead atoms. The summed E-state index contributed by atoms with van der Waals surface area (Å²) >= 11 is 0. The van der Waals surface area contributed by atoms with E-state index in [1.807, 2.05) is 72.3 Å². The molecule has 0 atom stereocenters. The predicted octanol–water partition coefficient (Wildman–Crippen LogP) is 4.02. The molecule has 8 nitrogen and oxygen atoms in total. The number of methoxy groups -OCH3 is 1. The van der Waals surface area contributed by atoms with Crippen LogP contribution in [0.2, 0.25) is 0 Å². The first-order valence-corrected chi connectivity index (χ1v) is 10.2. The molecule has 0 spiro atoms. The van der Waals surface area contributed by atoms with Crippen LogP contribution in [0.3, 0.4) is 0 Å². The first-order chi connectivity index (χ1) is 15.6. The minimum Gasteiger partial charge on any atom is -0.494 e. The van der Waals surface area contributed by atoms with Crippen molar-refractivity contribution in [3.05, 3.63) is 95.1 Å². The highest BCUT2D eigenvalue weighted by Crippen LogP contribution is 2.28. The van der Waals surface area contributed by atoms with Crippen molar-refractivity contribution in [2.24, 2.45) is 0 Å². The fourth-order valence-electron chi connectivity index (χ4n) is 3.72. The second-order valence-corrected chi connectivity index (χ2v) is 7.52. The van der Waals surface area contributed by atoms with E-state index in [4.69, 9.17) is 4.74 Å². The molecule has 0 radical (unpaired) electrons. The number of nitrogens with one attached hydrogen (secondary N) is 2. The van der Waals surface area contributed by atoms with Gasteiger partial charge in [-0.25, -0.2) is 14.8 Å². The van der Waals surface area contributed by atoms with E-state index in [2.05, 4.69) is 20.3 Å². The van der Waals surface area contributed by atoms with E-state index >= 15 is 0 Å². The van der Waals surface area contributed by atoms with Gasteiger partial charge in [-0.1, -0.05) is 30.3 Å². The SMILES string of the molecule is COc1cc(Nc2cc3c(cn2)[nH]c(=O)n3Cc2ccccc2)ccc1-n1cnc(C)c1. The van der Waals surface area contributed by atoms with E-state index in [1.165, 1.54) is 0 Å². The molecule has 160 valence electrons. The maximum absolute atomic E-state index is 12.5. The number of nitrogens with zero attached hydrogens (tertiary/aromatic N) is 4. The summed E-state index contributed by atoms with van der Waals surface area (Å²) in [7, 11) is 1.64. The standard InChI is InChI=1S/C24H22N6O2/c1-16-13-29(15-26-16)20-9-8-18(10-22(20)32-2)27-23-11-21-19(12-25-23)28-24(31)30(21)14-17-6-4-3-5-7-17/h3-13,15H,14H2,1-2H3,(H,25,27)(H,28,31). The van der Waals surface area contributed by atoms with E-state index in [-0.39, 0.29) is 5.69 Å². The van der Waals surface area contributed by atoms with Gasteiger partial charge in [-0.2, -0.15) is 0 Å². The predicted molar refractivity (Wildman–Crippen MR) is 124 cm³/mol. The van der Waals surface area contributed by atoms with E-state index in [9.17, 15) is 4.79 Å². The molecule has 0 saturated carbocycles. The average molecular weight is 426 g/mol. The van der Waals surface area contributed by atoms with Crippen molar-refractivity contribution >= 4 is 22.5 Å². The molecule has 5 aromatic rings. The molecule has 3 aromatic heterocycles. The van der Waals surface area contributed by atoms with Crippen molar-refractivity contribution in [3.8, 4) is 11.4 Å². The Bertz CT molecular complexity index is 1450. The second kappa shape index (κ2) is 8.07. The van der Waals surface area contributed by atoms with Crippen LogP contribution in [-0.2, 0) is 6.54 Å². The Morgan fingerprint density at radius 1 is 1.09 bits per heavy atom. The summed E-state index contributed by atoms with van der Waals surface area (Å²) in [5.41, 5.74) is 5.01. The zero-order valence-corrected chi connectivity index (χ0v) is 17.7. The molecule has 2 N–H and O–H groups in total. The third kappa shape index (κ3) is 3.74. The Balaban J connectivity index is 1.46. The summed E-state index contributed by atoms with van der Waals surface area (Å²) in [5, 5.41) is 3.31. The van der Waals surface area contributed by atoms with Crippen LogP contribution in [0.15, 0.2) is 78.1 Å².